The first kappa shape index (κ1) is 12.8. The first-order valence-electron chi connectivity index (χ1n) is 5.56. The van der Waals surface area contributed by atoms with E-state index < -0.39 is 11.8 Å². The molecule has 3 nitrogen and oxygen atoms in total. The zero-order valence-electron chi connectivity index (χ0n) is 10.1. The molecule has 0 unspecified atom stereocenters. The minimum absolute atomic E-state index is 0.0834. The fraction of sp³-hybridized carbons (Fsp3) is 0.0667. The molecule has 0 heterocycles. The largest absolute Gasteiger partial charge is 0.478 e. The number of halogens is 1. The maximum Gasteiger partial charge on any atom is 0.336 e. The van der Waals surface area contributed by atoms with Crippen LogP contribution in [0.2, 0.25) is 0 Å². The summed E-state index contributed by atoms with van der Waals surface area (Å²) in [6, 6.07) is 10.5. The van der Waals surface area contributed by atoms with Crippen LogP contribution < -0.4 is 0 Å². The van der Waals surface area contributed by atoms with Crippen LogP contribution >= 0.6 is 0 Å². The van der Waals surface area contributed by atoms with E-state index in [9.17, 15) is 9.18 Å². The van der Waals surface area contributed by atoms with Crippen LogP contribution in [-0.2, 0) is 0 Å². The van der Waals surface area contributed by atoms with Gasteiger partial charge in [0.05, 0.1) is 17.2 Å². The molecule has 4 heteroatoms. The molecule has 0 aliphatic carbocycles. The van der Waals surface area contributed by atoms with Crippen LogP contribution in [-0.4, -0.2) is 11.1 Å². The van der Waals surface area contributed by atoms with Gasteiger partial charge in [-0.05, 0) is 42.3 Å². The molecule has 0 bridgehead atoms. The highest BCUT2D eigenvalue weighted by Gasteiger charge is 2.13. The molecule has 0 saturated carbocycles. The summed E-state index contributed by atoms with van der Waals surface area (Å²) in [6.45, 7) is 1.82. The Morgan fingerprint density at radius 1 is 1.26 bits per heavy atom. The highest BCUT2D eigenvalue weighted by molar-refractivity contribution is 5.96. The zero-order chi connectivity index (χ0) is 14.0. The molecule has 2 rings (SSSR count). The van der Waals surface area contributed by atoms with Crippen molar-refractivity contribution in [3.63, 3.8) is 0 Å². The van der Waals surface area contributed by atoms with Gasteiger partial charge in [-0.15, -0.1) is 0 Å². The van der Waals surface area contributed by atoms with Gasteiger partial charge in [-0.2, -0.15) is 5.26 Å². The number of carboxylic acids is 1. The monoisotopic (exact) mass is 255 g/mol. The number of aromatic carboxylic acids is 1. The smallest absolute Gasteiger partial charge is 0.336 e. The van der Waals surface area contributed by atoms with Crippen molar-refractivity contribution >= 4 is 5.97 Å². The Kier molecular flexibility index (Phi) is 3.30. The Balaban J connectivity index is 2.71. The summed E-state index contributed by atoms with van der Waals surface area (Å²) in [6.07, 6.45) is 0. The second-order valence-corrected chi connectivity index (χ2v) is 4.19. The molecule has 0 radical (unpaired) electrons. The van der Waals surface area contributed by atoms with E-state index in [1.54, 1.807) is 12.1 Å². The summed E-state index contributed by atoms with van der Waals surface area (Å²) < 4.78 is 13.4. The summed E-state index contributed by atoms with van der Waals surface area (Å²) in [5.74, 6) is -1.65. The lowest BCUT2D eigenvalue weighted by atomic mass is 9.96. The molecule has 2 aromatic carbocycles. The third-order valence-electron chi connectivity index (χ3n) is 2.74. The van der Waals surface area contributed by atoms with E-state index in [1.165, 1.54) is 18.2 Å². The predicted molar refractivity (Wildman–Crippen MR) is 68.2 cm³/mol. The molecule has 0 aliphatic heterocycles. The van der Waals surface area contributed by atoms with Crippen LogP contribution in [0.5, 0.6) is 0 Å². The molecule has 0 spiro atoms. The van der Waals surface area contributed by atoms with Gasteiger partial charge in [0.15, 0.2) is 0 Å². The highest BCUT2D eigenvalue weighted by Crippen LogP contribution is 2.27. The molecule has 1 N–H and O–H groups in total. The van der Waals surface area contributed by atoms with Gasteiger partial charge >= 0.3 is 5.97 Å². The molecule has 0 aromatic heterocycles. The average Bonchev–Trinajstić information content (AvgIpc) is 2.37. The summed E-state index contributed by atoms with van der Waals surface area (Å²) in [7, 11) is 0. The van der Waals surface area contributed by atoms with Crippen molar-refractivity contribution in [1.82, 2.24) is 0 Å². The van der Waals surface area contributed by atoms with E-state index in [4.69, 9.17) is 10.4 Å². The first-order chi connectivity index (χ1) is 9.01. The summed E-state index contributed by atoms with van der Waals surface area (Å²) in [5.41, 5.74) is 1.90. The fourth-order valence-electron chi connectivity index (χ4n) is 1.89. The Labute approximate surface area is 109 Å². The van der Waals surface area contributed by atoms with Gasteiger partial charge in [0, 0.05) is 0 Å². The number of hydrogen-bond acceptors (Lipinski definition) is 2. The quantitative estimate of drug-likeness (QED) is 0.894. The topological polar surface area (TPSA) is 61.1 Å². The molecule has 0 saturated heterocycles. The van der Waals surface area contributed by atoms with Crippen LogP contribution in [0, 0.1) is 24.1 Å². The number of nitrogens with zero attached hydrogens (tertiary/aromatic N) is 1. The van der Waals surface area contributed by atoms with Crippen LogP contribution in [0.25, 0.3) is 11.1 Å². The standard InChI is InChI=1S/C15H10FNO2/c1-9-2-3-13(15(18)19)14(4-9)11-5-10(8-17)6-12(16)7-11/h2-7H,1H3,(H,18,19). The molecular formula is C15H10FNO2. The number of carbonyl (C=O) groups is 1. The van der Waals surface area contributed by atoms with Crippen molar-refractivity contribution in [3.8, 4) is 17.2 Å². The number of rotatable bonds is 2. The maximum absolute atomic E-state index is 13.4. The van der Waals surface area contributed by atoms with E-state index >= 15 is 0 Å². The number of aryl methyl sites for hydroxylation is 1. The van der Waals surface area contributed by atoms with Crippen LogP contribution in [0.1, 0.15) is 21.5 Å². The molecule has 2 aromatic rings. The van der Waals surface area contributed by atoms with E-state index in [1.807, 2.05) is 13.0 Å². The van der Waals surface area contributed by atoms with Crippen molar-refractivity contribution in [1.29, 1.82) is 5.26 Å². The van der Waals surface area contributed by atoms with Gasteiger partial charge in [-0.25, -0.2) is 9.18 Å². The number of benzene rings is 2. The van der Waals surface area contributed by atoms with Crippen molar-refractivity contribution in [2.24, 2.45) is 0 Å². The van der Waals surface area contributed by atoms with Crippen LogP contribution in [0.3, 0.4) is 0 Å². The SMILES string of the molecule is Cc1ccc(C(=O)O)c(-c2cc(F)cc(C#N)c2)c1. The van der Waals surface area contributed by atoms with E-state index in [-0.39, 0.29) is 11.1 Å². The van der Waals surface area contributed by atoms with Gasteiger partial charge in [-0.1, -0.05) is 17.7 Å². The Hall–Kier alpha value is -2.67. The van der Waals surface area contributed by atoms with E-state index in [0.29, 0.717) is 11.1 Å². The molecule has 0 aliphatic rings. The van der Waals surface area contributed by atoms with Crippen molar-refractivity contribution in [2.45, 2.75) is 6.92 Å². The van der Waals surface area contributed by atoms with Gasteiger partial charge in [0.1, 0.15) is 5.82 Å². The van der Waals surface area contributed by atoms with Gasteiger partial charge in [-0.3, -0.25) is 0 Å². The van der Waals surface area contributed by atoms with E-state index in [2.05, 4.69) is 0 Å². The summed E-state index contributed by atoms with van der Waals surface area (Å²) >= 11 is 0. The Bertz CT molecular complexity index is 702. The third kappa shape index (κ3) is 2.61. The van der Waals surface area contributed by atoms with Crippen LogP contribution in [0.15, 0.2) is 36.4 Å². The predicted octanol–water partition coefficient (Wildman–Crippen LogP) is 3.37. The van der Waals surface area contributed by atoms with Gasteiger partial charge < -0.3 is 5.11 Å². The molecular weight excluding hydrogens is 245 g/mol. The van der Waals surface area contributed by atoms with Gasteiger partial charge in [0.2, 0.25) is 0 Å². The first-order valence-corrected chi connectivity index (χ1v) is 5.56. The minimum Gasteiger partial charge on any atom is -0.478 e. The Morgan fingerprint density at radius 2 is 2.00 bits per heavy atom. The van der Waals surface area contributed by atoms with Crippen molar-refractivity contribution in [3.05, 3.63) is 58.9 Å². The lowest BCUT2D eigenvalue weighted by Gasteiger charge is -2.08. The van der Waals surface area contributed by atoms with Crippen LogP contribution in [0.4, 0.5) is 4.39 Å². The normalized spacial score (nSPS) is 9.95. The minimum atomic E-state index is -1.09. The lowest BCUT2D eigenvalue weighted by Crippen LogP contribution is -2.00. The zero-order valence-corrected chi connectivity index (χ0v) is 10.1. The highest BCUT2D eigenvalue weighted by atomic mass is 19.1. The lowest BCUT2D eigenvalue weighted by molar-refractivity contribution is 0.0697. The van der Waals surface area contributed by atoms with Crippen molar-refractivity contribution < 1.29 is 14.3 Å². The maximum atomic E-state index is 13.4. The average molecular weight is 255 g/mol. The third-order valence-corrected chi connectivity index (χ3v) is 2.74. The number of nitriles is 1. The molecule has 0 amide bonds. The number of hydrogen-bond donors (Lipinski definition) is 1. The Morgan fingerprint density at radius 3 is 2.63 bits per heavy atom. The second-order valence-electron chi connectivity index (χ2n) is 4.19. The van der Waals surface area contributed by atoms with Crippen molar-refractivity contribution in [2.75, 3.05) is 0 Å². The molecule has 19 heavy (non-hydrogen) atoms. The number of carboxylic acid groups (broad SMARTS) is 1. The van der Waals surface area contributed by atoms with Gasteiger partial charge in [0.25, 0.3) is 0 Å². The molecule has 0 atom stereocenters. The summed E-state index contributed by atoms with van der Waals surface area (Å²) in [4.78, 5) is 11.2. The fourth-order valence-corrected chi connectivity index (χ4v) is 1.89. The molecule has 0 fully saturated rings. The molecule has 94 valence electrons. The second kappa shape index (κ2) is 4.91. The summed E-state index contributed by atoms with van der Waals surface area (Å²) in [5, 5.41) is 18.0. The van der Waals surface area contributed by atoms with E-state index in [0.717, 1.165) is 11.6 Å².